The van der Waals surface area contributed by atoms with Gasteiger partial charge in [0.2, 0.25) is 5.91 Å². The van der Waals surface area contributed by atoms with Crippen LogP contribution in [0.1, 0.15) is 24.1 Å². The van der Waals surface area contributed by atoms with Gasteiger partial charge in [-0.2, -0.15) is 0 Å². The maximum Gasteiger partial charge on any atom is 0.221 e. The van der Waals surface area contributed by atoms with Crippen LogP contribution in [-0.2, 0) is 17.6 Å². The number of halogens is 1. The highest BCUT2D eigenvalue weighted by Gasteiger charge is 2.23. The Hall–Kier alpha value is -1.85. The number of amides is 1. The van der Waals surface area contributed by atoms with Gasteiger partial charge in [-0.05, 0) is 49.4 Å². The van der Waals surface area contributed by atoms with Crippen LogP contribution in [-0.4, -0.2) is 47.0 Å². The van der Waals surface area contributed by atoms with Crippen LogP contribution in [0.2, 0.25) is 5.02 Å². The number of benzene rings is 1. The molecule has 0 bridgehead atoms. The third-order valence-corrected chi connectivity index (χ3v) is 4.99. The van der Waals surface area contributed by atoms with E-state index >= 15 is 0 Å². The van der Waals surface area contributed by atoms with Crippen molar-refractivity contribution in [3.05, 3.63) is 53.1 Å². The molecule has 1 fully saturated rings. The first-order valence-corrected chi connectivity index (χ1v) is 9.27. The molecule has 0 saturated carbocycles. The highest BCUT2D eigenvalue weighted by atomic mass is 35.5. The third-order valence-electron chi connectivity index (χ3n) is 4.74. The lowest BCUT2D eigenvalue weighted by Crippen LogP contribution is -2.31. The molecule has 1 amide bonds. The Labute approximate surface area is 153 Å². The summed E-state index contributed by atoms with van der Waals surface area (Å²) in [5.41, 5.74) is 2.39. The van der Waals surface area contributed by atoms with Crippen molar-refractivity contribution in [2.75, 3.05) is 26.2 Å². The number of nitrogens with one attached hydrogen (secondary N) is 2. The zero-order valence-electron chi connectivity index (χ0n) is 14.4. The maximum absolute atomic E-state index is 12.0. The van der Waals surface area contributed by atoms with E-state index < -0.39 is 0 Å². The van der Waals surface area contributed by atoms with Gasteiger partial charge in [0, 0.05) is 43.0 Å². The van der Waals surface area contributed by atoms with Crippen LogP contribution >= 0.6 is 11.6 Å². The number of aromatic nitrogens is 2. The van der Waals surface area contributed by atoms with Gasteiger partial charge in [-0.3, -0.25) is 4.79 Å². The predicted octanol–water partition coefficient (Wildman–Crippen LogP) is 2.68. The summed E-state index contributed by atoms with van der Waals surface area (Å²) in [6.45, 7) is 3.66. The number of carbonyl (C=O) groups excluding carboxylic acids is 1. The Morgan fingerprint density at radius 1 is 1.36 bits per heavy atom. The van der Waals surface area contributed by atoms with E-state index in [0.717, 1.165) is 37.5 Å². The molecule has 25 heavy (non-hydrogen) atoms. The molecule has 0 spiro atoms. The number of hydrogen-bond acceptors (Lipinski definition) is 3. The number of rotatable bonds is 8. The molecule has 2 heterocycles. The van der Waals surface area contributed by atoms with Crippen LogP contribution in [0.15, 0.2) is 36.8 Å². The van der Waals surface area contributed by atoms with E-state index in [4.69, 9.17) is 11.6 Å². The van der Waals surface area contributed by atoms with Gasteiger partial charge in [0.15, 0.2) is 0 Å². The fraction of sp³-hybridized carbons (Fsp3) is 0.474. The summed E-state index contributed by atoms with van der Waals surface area (Å²) in [5, 5.41) is 3.75. The molecule has 1 unspecified atom stereocenters. The molecule has 1 aliphatic rings. The Morgan fingerprint density at radius 3 is 2.96 bits per heavy atom. The van der Waals surface area contributed by atoms with Crippen molar-refractivity contribution in [1.82, 2.24) is 20.2 Å². The minimum absolute atomic E-state index is 0.131. The monoisotopic (exact) mass is 360 g/mol. The highest BCUT2D eigenvalue weighted by Crippen LogP contribution is 2.19. The zero-order chi connectivity index (χ0) is 17.5. The number of H-pyrrole nitrogens is 1. The van der Waals surface area contributed by atoms with Crippen molar-refractivity contribution in [2.45, 2.75) is 25.7 Å². The Balaban J connectivity index is 1.29. The standard InChI is InChI=1S/C19H25ClN4O/c20-17-3-1-15(2-4-17)5-8-22-19(25)7-10-24-9-6-16(13-24)11-18-12-21-14-23-18/h1-4,12,14,16H,5-11,13H2,(H,21,23)(H,22,25). The van der Waals surface area contributed by atoms with Gasteiger partial charge < -0.3 is 15.2 Å². The van der Waals surface area contributed by atoms with E-state index in [1.165, 1.54) is 17.7 Å². The Morgan fingerprint density at radius 2 is 2.20 bits per heavy atom. The molecule has 5 nitrogen and oxygen atoms in total. The predicted molar refractivity (Wildman–Crippen MR) is 99.6 cm³/mol. The van der Waals surface area contributed by atoms with E-state index in [1.807, 2.05) is 30.5 Å². The average Bonchev–Trinajstić information content (AvgIpc) is 3.27. The number of carbonyl (C=O) groups is 1. The normalized spacial score (nSPS) is 17.7. The van der Waals surface area contributed by atoms with E-state index in [-0.39, 0.29) is 5.91 Å². The SMILES string of the molecule is O=C(CCN1CCC(Cc2cnc[nH]2)C1)NCCc1ccc(Cl)cc1. The van der Waals surface area contributed by atoms with Crippen LogP contribution in [0.3, 0.4) is 0 Å². The molecule has 0 aliphatic carbocycles. The van der Waals surface area contributed by atoms with E-state index in [2.05, 4.69) is 20.2 Å². The number of nitrogens with zero attached hydrogens (tertiary/aromatic N) is 2. The molecule has 134 valence electrons. The van der Waals surface area contributed by atoms with E-state index in [0.29, 0.717) is 18.9 Å². The summed E-state index contributed by atoms with van der Waals surface area (Å²) in [6.07, 6.45) is 7.27. The van der Waals surface area contributed by atoms with Crippen molar-refractivity contribution in [2.24, 2.45) is 5.92 Å². The first kappa shape index (κ1) is 18.0. The second-order valence-electron chi connectivity index (χ2n) is 6.71. The molecule has 3 rings (SSSR count). The fourth-order valence-electron chi connectivity index (χ4n) is 3.34. The Kier molecular flexibility index (Phi) is 6.48. The summed E-state index contributed by atoms with van der Waals surface area (Å²) >= 11 is 5.87. The molecular weight excluding hydrogens is 336 g/mol. The van der Waals surface area contributed by atoms with Crippen LogP contribution in [0, 0.1) is 5.92 Å². The molecule has 1 saturated heterocycles. The molecule has 2 N–H and O–H groups in total. The van der Waals surface area contributed by atoms with Gasteiger partial charge in [0.1, 0.15) is 0 Å². The van der Waals surface area contributed by atoms with Gasteiger partial charge >= 0.3 is 0 Å². The summed E-state index contributed by atoms with van der Waals surface area (Å²) in [6, 6.07) is 7.76. The molecule has 2 aromatic rings. The molecular formula is C19H25ClN4O. The number of likely N-dealkylation sites (tertiary alicyclic amines) is 1. The summed E-state index contributed by atoms with van der Waals surface area (Å²) in [4.78, 5) is 21.6. The van der Waals surface area contributed by atoms with Crippen molar-refractivity contribution in [1.29, 1.82) is 0 Å². The van der Waals surface area contributed by atoms with Crippen molar-refractivity contribution < 1.29 is 4.79 Å². The molecule has 1 aromatic heterocycles. The first-order chi connectivity index (χ1) is 12.2. The molecule has 1 atom stereocenters. The lowest BCUT2D eigenvalue weighted by atomic mass is 10.0. The van der Waals surface area contributed by atoms with Crippen LogP contribution in [0.4, 0.5) is 0 Å². The van der Waals surface area contributed by atoms with Crippen molar-refractivity contribution in [3.8, 4) is 0 Å². The van der Waals surface area contributed by atoms with Crippen molar-refractivity contribution in [3.63, 3.8) is 0 Å². The lowest BCUT2D eigenvalue weighted by molar-refractivity contribution is -0.121. The second kappa shape index (κ2) is 9.02. The van der Waals surface area contributed by atoms with Gasteiger partial charge in [0.05, 0.1) is 6.33 Å². The van der Waals surface area contributed by atoms with E-state index in [1.54, 1.807) is 6.33 Å². The average molecular weight is 361 g/mol. The summed E-state index contributed by atoms with van der Waals surface area (Å²) in [5.74, 6) is 0.791. The zero-order valence-corrected chi connectivity index (χ0v) is 15.1. The second-order valence-corrected chi connectivity index (χ2v) is 7.15. The van der Waals surface area contributed by atoms with Gasteiger partial charge in [0.25, 0.3) is 0 Å². The molecule has 1 aliphatic heterocycles. The van der Waals surface area contributed by atoms with Crippen LogP contribution in [0.25, 0.3) is 0 Å². The Bertz CT molecular complexity index is 657. The van der Waals surface area contributed by atoms with Gasteiger partial charge in [-0.15, -0.1) is 0 Å². The number of aromatic amines is 1. The number of hydrogen-bond donors (Lipinski definition) is 2. The maximum atomic E-state index is 12.0. The van der Waals surface area contributed by atoms with Crippen LogP contribution < -0.4 is 5.32 Å². The van der Waals surface area contributed by atoms with E-state index in [9.17, 15) is 4.79 Å². The smallest absolute Gasteiger partial charge is 0.221 e. The highest BCUT2D eigenvalue weighted by molar-refractivity contribution is 6.30. The minimum Gasteiger partial charge on any atom is -0.356 e. The van der Waals surface area contributed by atoms with Gasteiger partial charge in [-0.1, -0.05) is 23.7 Å². The van der Waals surface area contributed by atoms with Crippen molar-refractivity contribution >= 4 is 17.5 Å². The van der Waals surface area contributed by atoms with Crippen LogP contribution in [0.5, 0.6) is 0 Å². The summed E-state index contributed by atoms with van der Waals surface area (Å²) < 4.78 is 0. The molecule has 1 aromatic carbocycles. The first-order valence-electron chi connectivity index (χ1n) is 8.90. The topological polar surface area (TPSA) is 61.0 Å². The number of imidazole rings is 1. The largest absolute Gasteiger partial charge is 0.356 e. The quantitative estimate of drug-likeness (QED) is 0.760. The summed E-state index contributed by atoms with van der Waals surface area (Å²) in [7, 11) is 0. The molecule has 0 radical (unpaired) electrons. The minimum atomic E-state index is 0.131. The molecule has 6 heteroatoms. The third kappa shape index (κ3) is 5.87. The van der Waals surface area contributed by atoms with Gasteiger partial charge in [-0.25, -0.2) is 4.98 Å². The fourth-order valence-corrected chi connectivity index (χ4v) is 3.46. The lowest BCUT2D eigenvalue weighted by Gasteiger charge is -2.15.